The lowest BCUT2D eigenvalue weighted by Gasteiger charge is -1.99. The third-order valence-corrected chi connectivity index (χ3v) is 4.40. The van der Waals surface area contributed by atoms with Gasteiger partial charge in [0.25, 0.3) is 0 Å². The molecule has 0 saturated carbocycles. The van der Waals surface area contributed by atoms with Crippen LogP contribution in [0.2, 0.25) is 5.02 Å². The lowest BCUT2D eigenvalue weighted by Crippen LogP contribution is -1.98. The summed E-state index contributed by atoms with van der Waals surface area (Å²) in [5, 5.41) is 22.5. The summed E-state index contributed by atoms with van der Waals surface area (Å²) in [7, 11) is 1.81. The van der Waals surface area contributed by atoms with Gasteiger partial charge in [0, 0.05) is 23.7 Å². The van der Waals surface area contributed by atoms with E-state index in [4.69, 9.17) is 21.2 Å². The molecule has 0 saturated heterocycles. The summed E-state index contributed by atoms with van der Waals surface area (Å²) in [5.41, 5.74) is 1.71. The normalized spacial score (nSPS) is 11.0. The van der Waals surface area contributed by atoms with Crippen molar-refractivity contribution >= 4 is 23.4 Å². The van der Waals surface area contributed by atoms with Crippen LogP contribution in [-0.4, -0.2) is 25.0 Å². The van der Waals surface area contributed by atoms with E-state index < -0.39 is 0 Å². The average molecular weight is 337 g/mol. The van der Waals surface area contributed by atoms with E-state index in [1.165, 1.54) is 11.8 Å². The topological polar surface area (TPSA) is 77.0 Å². The summed E-state index contributed by atoms with van der Waals surface area (Å²) < 4.78 is 7.08. The van der Waals surface area contributed by atoms with Crippen molar-refractivity contribution in [3.8, 4) is 11.3 Å². The molecule has 0 radical (unpaired) electrons. The van der Waals surface area contributed by atoms with Crippen molar-refractivity contribution in [2.45, 2.75) is 17.5 Å². The molecule has 6 nitrogen and oxygen atoms in total. The summed E-state index contributed by atoms with van der Waals surface area (Å²) in [4.78, 5) is 0. The Bertz CT molecular complexity index is 770. The number of thioether (sulfide) groups is 1. The van der Waals surface area contributed by atoms with Gasteiger partial charge in [-0.1, -0.05) is 40.7 Å². The van der Waals surface area contributed by atoms with Gasteiger partial charge in [-0.15, -0.1) is 10.2 Å². The molecule has 0 aliphatic carbocycles. The minimum absolute atomic E-state index is 0.132. The van der Waals surface area contributed by atoms with Crippen molar-refractivity contribution in [1.29, 1.82) is 0 Å². The molecule has 3 aromatic rings. The molecule has 0 unspecified atom stereocenters. The van der Waals surface area contributed by atoms with Crippen LogP contribution in [0.15, 0.2) is 40.0 Å². The highest BCUT2D eigenvalue weighted by Gasteiger charge is 2.11. The highest BCUT2D eigenvalue weighted by molar-refractivity contribution is 7.98. The van der Waals surface area contributed by atoms with Crippen molar-refractivity contribution in [1.82, 2.24) is 19.9 Å². The van der Waals surface area contributed by atoms with Gasteiger partial charge in [-0.3, -0.25) is 0 Å². The first-order chi connectivity index (χ1) is 10.7. The highest BCUT2D eigenvalue weighted by Crippen LogP contribution is 2.25. The van der Waals surface area contributed by atoms with Gasteiger partial charge in [-0.2, -0.15) is 0 Å². The Labute approximate surface area is 136 Å². The van der Waals surface area contributed by atoms with Gasteiger partial charge in [-0.25, -0.2) is 0 Å². The summed E-state index contributed by atoms with van der Waals surface area (Å²) in [6, 6.07) is 9.31. The van der Waals surface area contributed by atoms with Crippen LogP contribution in [0.4, 0.5) is 0 Å². The smallest absolute Gasteiger partial charge is 0.191 e. The maximum absolute atomic E-state index is 9.10. The van der Waals surface area contributed by atoms with E-state index >= 15 is 0 Å². The fraction of sp³-hybridized carbons (Fsp3) is 0.214. The zero-order chi connectivity index (χ0) is 15.5. The van der Waals surface area contributed by atoms with E-state index in [9.17, 15) is 0 Å². The summed E-state index contributed by atoms with van der Waals surface area (Å²) in [5.74, 6) is 1.85. The molecule has 0 bridgehead atoms. The molecular weight excluding hydrogens is 324 g/mol. The fourth-order valence-corrected chi connectivity index (χ4v) is 2.81. The lowest BCUT2D eigenvalue weighted by molar-refractivity contribution is 0.266. The molecule has 0 amide bonds. The van der Waals surface area contributed by atoms with Gasteiger partial charge in [0.1, 0.15) is 18.1 Å². The number of benzene rings is 1. The molecule has 22 heavy (non-hydrogen) atoms. The molecular formula is C14H13ClN4O2S. The van der Waals surface area contributed by atoms with Crippen molar-refractivity contribution in [3.05, 3.63) is 46.9 Å². The maximum Gasteiger partial charge on any atom is 0.191 e. The Morgan fingerprint density at radius 3 is 2.73 bits per heavy atom. The van der Waals surface area contributed by atoms with Crippen molar-refractivity contribution in [2.24, 2.45) is 7.05 Å². The largest absolute Gasteiger partial charge is 0.388 e. The summed E-state index contributed by atoms with van der Waals surface area (Å²) in [6.07, 6.45) is 0. The molecule has 0 fully saturated rings. The van der Waals surface area contributed by atoms with Crippen LogP contribution in [-0.2, 0) is 19.4 Å². The number of aliphatic hydroxyl groups is 1. The van der Waals surface area contributed by atoms with Crippen molar-refractivity contribution in [2.75, 3.05) is 0 Å². The van der Waals surface area contributed by atoms with Gasteiger partial charge in [0.2, 0.25) is 0 Å². The Hall–Kier alpha value is -1.83. The van der Waals surface area contributed by atoms with Gasteiger partial charge in [0.15, 0.2) is 11.0 Å². The first-order valence-electron chi connectivity index (χ1n) is 6.51. The van der Waals surface area contributed by atoms with Crippen LogP contribution in [0.3, 0.4) is 0 Å². The fourth-order valence-electron chi connectivity index (χ4n) is 1.88. The van der Waals surface area contributed by atoms with Crippen molar-refractivity contribution < 1.29 is 9.63 Å². The van der Waals surface area contributed by atoms with E-state index in [0.29, 0.717) is 21.8 Å². The molecule has 1 aromatic carbocycles. The first-order valence-corrected chi connectivity index (χ1v) is 7.87. The predicted molar refractivity (Wildman–Crippen MR) is 83.4 cm³/mol. The standard InChI is InChI=1S/C14H13ClN4O2S/c1-19-13(7-20)16-17-14(19)22-8-11-6-12(18-21-11)9-2-4-10(15)5-3-9/h2-6,20H,7-8H2,1H3. The quantitative estimate of drug-likeness (QED) is 0.722. The zero-order valence-electron chi connectivity index (χ0n) is 11.7. The second kappa shape index (κ2) is 6.51. The van der Waals surface area contributed by atoms with E-state index in [1.54, 1.807) is 4.57 Å². The van der Waals surface area contributed by atoms with Crippen molar-refractivity contribution in [3.63, 3.8) is 0 Å². The van der Waals surface area contributed by atoms with Gasteiger partial charge >= 0.3 is 0 Å². The van der Waals surface area contributed by atoms with Crippen LogP contribution in [0, 0.1) is 0 Å². The second-order valence-electron chi connectivity index (χ2n) is 4.59. The van der Waals surface area contributed by atoms with E-state index in [0.717, 1.165) is 17.0 Å². The van der Waals surface area contributed by atoms with Gasteiger partial charge in [0.05, 0.1) is 5.75 Å². The molecule has 3 rings (SSSR count). The first kappa shape index (κ1) is 15.1. The molecule has 0 spiro atoms. The number of nitrogens with zero attached hydrogens (tertiary/aromatic N) is 4. The predicted octanol–water partition coefficient (Wildman–Crippen LogP) is 2.91. The van der Waals surface area contributed by atoms with Crippen LogP contribution in [0.25, 0.3) is 11.3 Å². The minimum Gasteiger partial charge on any atom is -0.388 e. The van der Waals surface area contributed by atoms with Gasteiger partial charge < -0.3 is 14.2 Å². The zero-order valence-corrected chi connectivity index (χ0v) is 13.3. The third kappa shape index (κ3) is 3.16. The van der Waals surface area contributed by atoms with E-state index in [-0.39, 0.29) is 6.61 Å². The number of aliphatic hydroxyl groups excluding tert-OH is 1. The Balaban J connectivity index is 1.69. The number of halogens is 1. The lowest BCUT2D eigenvalue weighted by atomic mass is 10.1. The molecule has 114 valence electrons. The van der Waals surface area contributed by atoms with Crippen LogP contribution >= 0.6 is 23.4 Å². The molecule has 0 aliphatic rings. The third-order valence-electron chi connectivity index (χ3n) is 3.11. The van der Waals surface area contributed by atoms with Gasteiger partial charge in [-0.05, 0) is 12.1 Å². The molecule has 8 heteroatoms. The average Bonchev–Trinajstić information content (AvgIpc) is 3.13. The number of rotatable bonds is 5. The molecule has 1 N–H and O–H groups in total. The summed E-state index contributed by atoms with van der Waals surface area (Å²) >= 11 is 7.34. The van der Waals surface area contributed by atoms with Crippen LogP contribution in [0.5, 0.6) is 0 Å². The van der Waals surface area contributed by atoms with E-state index in [2.05, 4.69) is 15.4 Å². The summed E-state index contributed by atoms with van der Waals surface area (Å²) in [6.45, 7) is -0.132. The second-order valence-corrected chi connectivity index (χ2v) is 5.97. The van der Waals surface area contributed by atoms with Crippen LogP contribution in [0.1, 0.15) is 11.6 Å². The van der Waals surface area contributed by atoms with E-state index in [1.807, 2.05) is 37.4 Å². The number of hydrogen-bond acceptors (Lipinski definition) is 6. The maximum atomic E-state index is 9.10. The highest BCUT2D eigenvalue weighted by atomic mass is 35.5. The Morgan fingerprint density at radius 1 is 1.27 bits per heavy atom. The number of aromatic nitrogens is 4. The monoisotopic (exact) mass is 336 g/mol. The molecule has 2 heterocycles. The number of hydrogen-bond donors (Lipinski definition) is 1. The minimum atomic E-state index is -0.132. The Morgan fingerprint density at radius 2 is 2.05 bits per heavy atom. The Kier molecular flexibility index (Phi) is 4.47. The SMILES string of the molecule is Cn1c(CO)nnc1SCc1cc(-c2ccc(Cl)cc2)no1. The molecule has 2 aromatic heterocycles. The van der Waals surface area contributed by atoms with Crippen LogP contribution < -0.4 is 0 Å². The molecule has 0 atom stereocenters. The molecule has 0 aliphatic heterocycles.